The van der Waals surface area contributed by atoms with Crippen LogP contribution in [0.25, 0.3) is 0 Å². The van der Waals surface area contributed by atoms with Crippen LogP contribution in [0, 0.1) is 5.92 Å². The fourth-order valence-electron chi connectivity index (χ4n) is 2.21. The van der Waals surface area contributed by atoms with Gasteiger partial charge in [-0.3, -0.25) is 0 Å². The fourth-order valence-corrected chi connectivity index (χ4v) is 2.21. The van der Waals surface area contributed by atoms with Crippen LogP contribution in [0.4, 0.5) is 0 Å². The summed E-state index contributed by atoms with van der Waals surface area (Å²) in [6.45, 7) is 4.16. The van der Waals surface area contributed by atoms with E-state index in [0.717, 1.165) is 45.9 Å². The molecule has 88 valence electrons. The lowest BCUT2D eigenvalue weighted by atomic mass is 10.00. The molecule has 1 N–H and O–H groups in total. The van der Waals surface area contributed by atoms with Gasteiger partial charge in [-0.1, -0.05) is 0 Å². The molecule has 0 aliphatic carbocycles. The molecule has 2 aliphatic rings. The first-order chi connectivity index (χ1) is 7.40. The van der Waals surface area contributed by atoms with Gasteiger partial charge in [0.25, 0.3) is 0 Å². The Kier molecular flexibility index (Phi) is 4.38. The van der Waals surface area contributed by atoms with Gasteiger partial charge in [-0.25, -0.2) is 0 Å². The summed E-state index contributed by atoms with van der Waals surface area (Å²) in [5.41, 5.74) is 0. The molecule has 2 rings (SSSR count). The molecule has 0 aromatic heterocycles. The van der Waals surface area contributed by atoms with E-state index in [1.54, 1.807) is 0 Å². The van der Waals surface area contributed by atoms with Crippen molar-refractivity contribution < 1.29 is 14.2 Å². The highest BCUT2D eigenvalue weighted by molar-refractivity contribution is 4.78. The molecule has 4 nitrogen and oxygen atoms in total. The zero-order valence-corrected chi connectivity index (χ0v) is 9.41. The van der Waals surface area contributed by atoms with Crippen LogP contribution in [-0.2, 0) is 14.2 Å². The van der Waals surface area contributed by atoms with Gasteiger partial charge in [0, 0.05) is 25.2 Å². The molecule has 0 amide bonds. The van der Waals surface area contributed by atoms with Crippen molar-refractivity contribution in [2.45, 2.75) is 25.0 Å². The smallest absolute Gasteiger partial charge is 0.0831 e. The monoisotopic (exact) mass is 215 g/mol. The summed E-state index contributed by atoms with van der Waals surface area (Å²) in [7, 11) is 2.00. The summed E-state index contributed by atoms with van der Waals surface area (Å²) in [6, 6.07) is 0.424. The Labute approximate surface area is 91.3 Å². The van der Waals surface area contributed by atoms with Crippen molar-refractivity contribution in [2.75, 3.05) is 40.1 Å². The van der Waals surface area contributed by atoms with E-state index in [4.69, 9.17) is 14.2 Å². The van der Waals surface area contributed by atoms with Crippen LogP contribution in [0.2, 0.25) is 0 Å². The molecule has 2 saturated heterocycles. The van der Waals surface area contributed by atoms with Crippen LogP contribution in [0.15, 0.2) is 0 Å². The molecular weight excluding hydrogens is 194 g/mol. The lowest BCUT2D eigenvalue weighted by Crippen LogP contribution is -2.39. The summed E-state index contributed by atoms with van der Waals surface area (Å²) >= 11 is 0. The average Bonchev–Trinajstić information content (AvgIpc) is 2.90. The molecule has 2 fully saturated rings. The first-order valence-electron chi connectivity index (χ1n) is 5.84. The molecule has 0 radical (unpaired) electrons. The van der Waals surface area contributed by atoms with Crippen molar-refractivity contribution in [1.29, 1.82) is 0 Å². The second kappa shape index (κ2) is 5.80. The Morgan fingerprint density at radius 2 is 2.07 bits per heavy atom. The molecular formula is C11H21NO3. The van der Waals surface area contributed by atoms with E-state index in [0.29, 0.717) is 18.1 Å². The molecule has 3 unspecified atom stereocenters. The van der Waals surface area contributed by atoms with E-state index >= 15 is 0 Å². The third kappa shape index (κ3) is 3.14. The average molecular weight is 215 g/mol. The third-order valence-corrected chi connectivity index (χ3v) is 3.30. The van der Waals surface area contributed by atoms with Gasteiger partial charge >= 0.3 is 0 Å². The molecule has 3 atom stereocenters. The van der Waals surface area contributed by atoms with Crippen LogP contribution in [0.3, 0.4) is 0 Å². The Balaban J connectivity index is 1.69. The van der Waals surface area contributed by atoms with Gasteiger partial charge in [0.15, 0.2) is 0 Å². The molecule has 15 heavy (non-hydrogen) atoms. The largest absolute Gasteiger partial charge is 0.381 e. The van der Waals surface area contributed by atoms with Crippen molar-refractivity contribution >= 4 is 0 Å². The number of nitrogens with one attached hydrogen (secondary N) is 1. The lowest BCUT2D eigenvalue weighted by Gasteiger charge is -2.23. The van der Waals surface area contributed by atoms with Gasteiger partial charge in [-0.2, -0.15) is 0 Å². The third-order valence-electron chi connectivity index (χ3n) is 3.30. The molecule has 0 saturated carbocycles. The van der Waals surface area contributed by atoms with Crippen LogP contribution in [-0.4, -0.2) is 52.2 Å². The first kappa shape index (κ1) is 11.3. The van der Waals surface area contributed by atoms with Crippen molar-refractivity contribution in [3.05, 3.63) is 0 Å². The molecule has 0 aromatic carbocycles. The maximum absolute atomic E-state index is 5.83. The van der Waals surface area contributed by atoms with E-state index in [-0.39, 0.29) is 0 Å². The van der Waals surface area contributed by atoms with Crippen molar-refractivity contribution in [3.63, 3.8) is 0 Å². The van der Waals surface area contributed by atoms with Crippen molar-refractivity contribution in [1.82, 2.24) is 5.32 Å². The fraction of sp³-hybridized carbons (Fsp3) is 1.00. The minimum Gasteiger partial charge on any atom is -0.381 e. The second-order valence-corrected chi connectivity index (χ2v) is 4.34. The standard InChI is InChI=1S/C11H21NO3/c1-12-11(9-2-4-13-6-9)8-15-10-3-5-14-7-10/h9-12H,2-8H2,1H3. The van der Waals surface area contributed by atoms with Crippen LogP contribution in [0.5, 0.6) is 0 Å². The number of hydrogen-bond donors (Lipinski definition) is 1. The minimum atomic E-state index is 0.308. The predicted octanol–water partition coefficient (Wildman–Crippen LogP) is 0.416. The van der Waals surface area contributed by atoms with Crippen LogP contribution < -0.4 is 5.32 Å². The summed E-state index contributed by atoms with van der Waals surface area (Å²) < 4.78 is 16.5. The number of rotatable bonds is 5. The Morgan fingerprint density at radius 1 is 1.27 bits per heavy atom. The quantitative estimate of drug-likeness (QED) is 0.721. The molecule has 4 heteroatoms. The summed E-state index contributed by atoms with van der Waals surface area (Å²) in [5, 5.41) is 3.32. The van der Waals surface area contributed by atoms with Gasteiger partial charge in [0.05, 0.1) is 25.9 Å². The molecule has 0 spiro atoms. The highest BCUT2D eigenvalue weighted by Crippen LogP contribution is 2.18. The topological polar surface area (TPSA) is 39.7 Å². The Bertz CT molecular complexity index is 177. The van der Waals surface area contributed by atoms with Crippen molar-refractivity contribution in [2.24, 2.45) is 5.92 Å². The summed E-state index contributed by atoms with van der Waals surface area (Å²) in [6.07, 6.45) is 2.50. The van der Waals surface area contributed by atoms with Gasteiger partial charge in [0.2, 0.25) is 0 Å². The molecule has 2 heterocycles. The van der Waals surface area contributed by atoms with Gasteiger partial charge in [0.1, 0.15) is 0 Å². The molecule has 0 aromatic rings. The maximum atomic E-state index is 5.83. The van der Waals surface area contributed by atoms with Crippen LogP contribution in [0.1, 0.15) is 12.8 Å². The molecule has 2 aliphatic heterocycles. The van der Waals surface area contributed by atoms with E-state index < -0.39 is 0 Å². The highest BCUT2D eigenvalue weighted by Gasteiger charge is 2.26. The van der Waals surface area contributed by atoms with Crippen LogP contribution >= 0.6 is 0 Å². The summed E-state index contributed by atoms with van der Waals surface area (Å²) in [4.78, 5) is 0. The Morgan fingerprint density at radius 3 is 2.67 bits per heavy atom. The van der Waals surface area contributed by atoms with E-state index in [1.807, 2.05) is 7.05 Å². The van der Waals surface area contributed by atoms with E-state index in [1.165, 1.54) is 0 Å². The van der Waals surface area contributed by atoms with E-state index in [2.05, 4.69) is 5.32 Å². The van der Waals surface area contributed by atoms with Crippen molar-refractivity contribution in [3.8, 4) is 0 Å². The molecule has 0 bridgehead atoms. The SMILES string of the molecule is CNC(COC1CCOC1)C1CCOC1. The lowest BCUT2D eigenvalue weighted by molar-refractivity contribution is 0.0207. The normalized spacial score (nSPS) is 33.4. The zero-order chi connectivity index (χ0) is 10.5. The van der Waals surface area contributed by atoms with Gasteiger partial charge in [-0.15, -0.1) is 0 Å². The number of ether oxygens (including phenoxy) is 3. The first-order valence-corrected chi connectivity index (χ1v) is 5.84. The number of likely N-dealkylation sites (N-methyl/N-ethyl adjacent to an activating group) is 1. The predicted molar refractivity (Wildman–Crippen MR) is 56.9 cm³/mol. The minimum absolute atomic E-state index is 0.308. The summed E-state index contributed by atoms with van der Waals surface area (Å²) in [5.74, 6) is 0.609. The van der Waals surface area contributed by atoms with Gasteiger partial charge in [-0.05, 0) is 19.9 Å². The zero-order valence-electron chi connectivity index (χ0n) is 9.41. The van der Waals surface area contributed by atoms with E-state index in [9.17, 15) is 0 Å². The Hall–Kier alpha value is -0.160. The maximum Gasteiger partial charge on any atom is 0.0831 e. The van der Waals surface area contributed by atoms with Gasteiger partial charge < -0.3 is 19.5 Å². The highest BCUT2D eigenvalue weighted by atomic mass is 16.5. The number of hydrogen-bond acceptors (Lipinski definition) is 4. The second-order valence-electron chi connectivity index (χ2n) is 4.34.